The van der Waals surface area contributed by atoms with Gasteiger partial charge in [0.25, 0.3) is 5.91 Å². The van der Waals surface area contributed by atoms with Gasteiger partial charge in [-0.25, -0.2) is 4.52 Å². The maximum atomic E-state index is 12.8. The van der Waals surface area contributed by atoms with E-state index in [1.54, 1.807) is 37.4 Å². The van der Waals surface area contributed by atoms with Crippen LogP contribution >= 0.6 is 0 Å². The van der Waals surface area contributed by atoms with Crippen molar-refractivity contribution in [3.8, 4) is 17.5 Å². The molecule has 32 heavy (non-hydrogen) atoms. The van der Waals surface area contributed by atoms with Crippen LogP contribution in [0.25, 0.3) is 16.9 Å². The van der Waals surface area contributed by atoms with Crippen molar-refractivity contribution in [3.63, 3.8) is 0 Å². The van der Waals surface area contributed by atoms with Crippen molar-refractivity contribution < 1.29 is 14.3 Å². The van der Waals surface area contributed by atoms with Crippen LogP contribution in [0.5, 0.6) is 0 Å². The van der Waals surface area contributed by atoms with Crippen molar-refractivity contribution >= 4 is 23.1 Å². The minimum absolute atomic E-state index is 0.0584. The van der Waals surface area contributed by atoms with Gasteiger partial charge in [-0.2, -0.15) is 10.4 Å². The van der Waals surface area contributed by atoms with Gasteiger partial charge in [0.05, 0.1) is 39.9 Å². The topological polar surface area (TPSA) is 121 Å². The fraction of sp³-hybridized carbons (Fsp3) is 0.348. The van der Waals surface area contributed by atoms with E-state index in [1.165, 1.54) is 12.4 Å². The number of fused-ring (bicyclic) bond motifs is 1. The first-order valence-electron chi connectivity index (χ1n) is 10.2. The number of hydrogen-bond acceptors (Lipinski definition) is 7. The molecular formula is C23H26N6O3. The number of nitrogens with one attached hydrogen (secondary N) is 2. The number of nitrogens with zero attached hydrogens (tertiary/aromatic N) is 4. The van der Waals surface area contributed by atoms with Crippen LogP contribution in [0.15, 0.2) is 36.7 Å². The molecule has 0 saturated heterocycles. The van der Waals surface area contributed by atoms with Gasteiger partial charge in [0.1, 0.15) is 18.2 Å². The standard InChI is InChI=1S/C23H26N6O3/c1-14(2)28-18-9-19(20-7-6-16-8-15(10-24)11-27-29(16)20)25-12-17(18)22(31)26-13-21(30)32-23(3,4)5/h6-9,11-12,14H,13H2,1-5H3,(H,25,28)(H,26,31). The lowest BCUT2D eigenvalue weighted by Gasteiger charge is -2.20. The number of ether oxygens (including phenoxy) is 1. The predicted octanol–water partition coefficient (Wildman–Crippen LogP) is 3.16. The molecule has 0 aliphatic rings. The average Bonchev–Trinajstić information content (AvgIpc) is 3.13. The molecule has 0 saturated carbocycles. The molecule has 9 heteroatoms. The first-order valence-corrected chi connectivity index (χ1v) is 10.2. The number of amides is 1. The second-order valence-electron chi connectivity index (χ2n) is 8.59. The number of nitriles is 1. The molecule has 0 aliphatic carbocycles. The zero-order valence-electron chi connectivity index (χ0n) is 18.8. The summed E-state index contributed by atoms with van der Waals surface area (Å²) in [5, 5.41) is 19.2. The van der Waals surface area contributed by atoms with Crippen LogP contribution in [-0.2, 0) is 9.53 Å². The van der Waals surface area contributed by atoms with E-state index < -0.39 is 17.5 Å². The Morgan fingerprint density at radius 3 is 2.62 bits per heavy atom. The van der Waals surface area contributed by atoms with E-state index >= 15 is 0 Å². The second-order valence-corrected chi connectivity index (χ2v) is 8.59. The maximum Gasteiger partial charge on any atom is 0.325 e. The summed E-state index contributed by atoms with van der Waals surface area (Å²) in [6.07, 6.45) is 2.95. The highest BCUT2D eigenvalue weighted by Crippen LogP contribution is 2.26. The van der Waals surface area contributed by atoms with Crippen molar-refractivity contribution in [3.05, 3.63) is 47.8 Å². The molecule has 0 unspecified atom stereocenters. The smallest absolute Gasteiger partial charge is 0.325 e. The van der Waals surface area contributed by atoms with Gasteiger partial charge in [-0.15, -0.1) is 0 Å². The molecule has 0 atom stereocenters. The molecule has 3 heterocycles. The summed E-state index contributed by atoms with van der Waals surface area (Å²) in [4.78, 5) is 29.1. The Bertz CT molecular complexity index is 1200. The number of hydrogen-bond donors (Lipinski definition) is 2. The lowest BCUT2D eigenvalue weighted by atomic mass is 10.1. The fourth-order valence-electron chi connectivity index (χ4n) is 3.09. The van der Waals surface area contributed by atoms with E-state index in [-0.39, 0.29) is 12.6 Å². The summed E-state index contributed by atoms with van der Waals surface area (Å²) in [6, 6.07) is 9.34. The zero-order chi connectivity index (χ0) is 23.5. The third-order valence-corrected chi connectivity index (χ3v) is 4.30. The van der Waals surface area contributed by atoms with Crippen molar-refractivity contribution in [1.29, 1.82) is 5.26 Å². The lowest BCUT2D eigenvalue weighted by molar-refractivity contribution is -0.153. The van der Waals surface area contributed by atoms with E-state index in [1.807, 2.05) is 26.0 Å². The van der Waals surface area contributed by atoms with Gasteiger partial charge in [-0.3, -0.25) is 14.6 Å². The summed E-state index contributed by atoms with van der Waals surface area (Å²) >= 11 is 0. The maximum absolute atomic E-state index is 12.8. The molecule has 0 aromatic carbocycles. The fourth-order valence-corrected chi connectivity index (χ4v) is 3.09. The summed E-state index contributed by atoms with van der Waals surface area (Å²) in [7, 11) is 0. The highest BCUT2D eigenvalue weighted by atomic mass is 16.6. The molecule has 0 spiro atoms. The minimum Gasteiger partial charge on any atom is -0.459 e. The first-order chi connectivity index (χ1) is 15.1. The molecule has 0 radical (unpaired) electrons. The molecule has 3 aromatic rings. The number of anilines is 1. The Kier molecular flexibility index (Phi) is 6.44. The van der Waals surface area contributed by atoms with Gasteiger partial charge in [-0.05, 0) is 58.9 Å². The van der Waals surface area contributed by atoms with Crippen molar-refractivity contribution in [2.24, 2.45) is 0 Å². The van der Waals surface area contributed by atoms with Gasteiger partial charge in [0.2, 0.25) is 0 Å². The summed E-state index contributed by atoms with van der Waals surface area (Å²) in [5.41, 5.74) is 2.82. The van der Waals surface area contributed by atoms with Crippen LogP contribution in [0.2, 0.25) is 0 Å². The Hall–Kier alpha value is -3.93. The molecule has 3 rings (SSSR count). The molecule has 0 bridgehead atoms. The Morgan fingerprint density at radius 2 is 1.97 bits per heavy atom. The van der Waals surface area contributed by atoms with E-state index in [2.05, 4.69) is 26.8 Å². The molecule has 9 nitrogen and oxygen atoms in total. The number of esters is 1. The molecular weight excluding hydrogens is 408 g/mol. The largest absolute Gasteiger partial charge is 0.459 e. The highest BCUT2D eigenvalue weighted by Gasteiger charge is 2.20. The highest BCUT2D eigenvalue weighted by molar-refractivity contribution is 6.01. The Labute approximate surface area is 186 Å². The van der Waals surface area contributed by atoms with Crippen molar-refractivity contribution in [1.82, 2.24) is 19.9 Å². The van der Waals surface area contributed by atoms with Gasteiger partial charge in [0, 0.05) is 12.2 Å². The summed E-state index contributed by atoms with van der Waals surface area (Å²) in [6.45, 7) is 8.97. The van der Waals surface area contributed by atoms with E-state index in [9.17, 15) is 9.59 Å². The molecule has 0 aliphatic heterocycles. The van der Waals surface area contributed by atoms with E-state index in [0.717, 1.165) is 11.2 Å². The molecule has 166 valence electrons. The lowest BCUT2D eigenvalue weighted by Crippen LogP contribution is -2.35. The normalized spacial score (nSPS) is 11.3. The third kappa shape index (κ3) is 5.40. The van der Waals surface area contributed by atoms with Gasteiger partial charge < -0.3 is 15.4 Å². The molecule has 1 amide bonds. The number of rotatable bonds is 6. The quantitative estimate of drug-likeness (QED) is 0.572. The van der Waals surface area contributed by atoms with E-state index in [0.29, 0.717) is 22.5 Å². The van der Waals surface area contributed by atoms with Crippen LogP contribution in [0, 0.1) is 11.3 Å². The summed E-state index contributed by atoms with van der Waals surface area (Å²) < 4.78 is 6.91. The Morgan fingerprint density at radius 1 is 1.22 bits per heavy atom. The Balaban J connectivity index is 1.89. The van der Waals surface area contributed by atoms with Crippen LogP contribution in [0.3, 0.4) is 0 Å². The average molecular weight is 435 g/mol. The van der Waals surface area contributed by atoms with Crippen LogP contribution in [0.1, 0.15) is 50.5 Å². The monoisotopic (exact) mass is 434 g/mol. The molecule has 0 fully saturated rings. The zero-order valence-corrected chi connectivity index (χ0v) is 18.8. The van der Waals surface area contributed by atoms with Crippen LogP contribution in [0.4, 0.5) is 5.69 Å². The van der Waals surface area contributed by atoms with E-state index in [4.69, 9.17) is 10.00 Å². The van der Waals surface area contributed by atoms with Gasteiger partial charge >= 0.3 is 5.97 Å². The predicted molar refractivity (Wildman–Crippen MR) is 120 cm³/mol. The number of pyridine rings is 1. The number of aromatic nitrogens is 3. The molecule has 3 aromatic heterocycles. The SMILES string of the molecule is CC(C)Nc1cc(-c2ccc3cc(C#N)cnn23)ncc1C(=O)NCC(=O)OC(C)(C)C. The minimum atomic E-state index is -0.628. The van der Waals surface area contributed by atoms with Crippen molar-refractivity contribution in [2.45, 2.75) is 46.3 Å². The first kappa shape index (κ1) is 22.7. The van der Waals surface area contributed by atoms with Crippen molar-refractivity contribution in [2.75, 3.05) is 11.9 Å². The van der Waals surface area contributed by atoms with Crippen LogP contribution < -0.4 is 10.6 Å². The second kappa shape index (κ2) is 9.06. The third-order valence-electron chi connectivity index (χ3n) is 4.30. The van der Waals surface area contributed by atoms with Gasteiger partial charge in [0.15, 0.2) is 0 Å². The van der Waals surface area contributed by atoms with Crippen LogP contribution in [-0.4, -0.2) is 44.7 Å². The number of carbonyl (C=O) groups is 2. The van der Waals surface area contributed by atoms with Gasteiger partial charge in [-0.1, -0.05) is 0 Å². The number of carbonyl (C=O) groups excluding carboxylic acids is 2. The summed E-state index contributed by atoms with van der Waals surface area (Å²) in [5.74, 6) is -0.953. The molecule has 2 N–H and O–H groups in total.